The van der Waals surface area contributed by atoms with Gasteiger partial charge in [0.1, 0.15) is 0 Å². The van der Waals surface area contributed by atoms with E-state index in [9.17, 15) is 4.79 Å². The summed E-state index contributed by atoms with van der Waals surface area (Å²) in [6.45, 7) is 4.79. The number of ether oxygens (including phenoxy) is 2. The SMILES string of the molecule is CCCCOc1ccc(/C=C2\SC(N3CCCCC3)=NC2=O)cc1OC. The Bertz CT molecular complexity index is 709. The van der Waals surface area contributed by atoms with E-state index in [2.05, 4.69) is 16.8 Å². The first-order valence-corrected chi connectivity index (χ1v) is 10.1. The quantitative estimate of drug-likeness (QED) is 0.548. The van der Waals surface area contributed by atoms with Crippen LogP contribution >= 0.6 is 11.8 Å². The van der Waals surface area contributed by atoms with Crippen LogP contribution in [-0.4, -0.2) is 42.8 Å². The second-order valence-electron chi connectivity index (χ2n) is 6.47. The molecular weight excluding hydrogens is 348 g/mol. The van der Waals surface area contributed by atoms with Crippen molar-refractivity contribution in [3.63, 3.8) is 0 Å². The monoisotopic (exact) mass is 374 g/mol. The summed E-state index contributed by atoms with van der Waals surface area (Å²) < 4.78 is 11.2. The Labute approximate surface area is 159 Å². The van der Waals surface area contributed by atoms with Gasteiger partial charge in [0.25, 0.3) is 5.91 Å². The highest BCUT2D eigenvalue weighted by Gasteiger charge is 2.26. The fourth-order valence-corrected chi connectivity index (χ4v) is 3.95. The first kappa shape index (κ1) is 18.8. The standard InChI is InChI=1S/C20H26N2O3S/c1-3-4-12-25-16-9-8-15(13-17(16)24-2)14-18-19(23)21-20(26-18)22-10-6-5-7-11-22/h8-9,13-14H,3-7,10-12H2,1-2H3/b18-14-. The molecule has 0 radical (unpaired) electrons. The predicted octanol–water partition coefficient (Wildman–Crippen LogP) is 4.33. The van der Waals surface area contributed by atoms with E-state index in [1.165, 1.54) is 31.0 Å². The normalized spacial score (nSPS) is 19.0. The molecule has 140 valence electrons. The zero-order valence-electron chi connectivity index (χ0n) is 15.5. The van der Waals surface area contributed by atoms with Crippen molar-refractivity contribution in [1.82, 2.24) is 4.90 Å². The lowest BCUT2D eigenvalue weighted by atomic mass is 10.1. The molecule has 0 spiro atoms. The van der Waals surface area contributed by atoms with Crippen LogP contribution in [-0.2, 0) is 4.79 Å². The topological polar surface area (TPSA) is 51.1 Å². The van der Waals surface area contributed by atoms with E-state index in [-0.39, 0.29) is 5.91 Å². The molecule has 0 aromatic heterocycles. The molecule has 5 nitrogen and oxygen atoms in total. The second-order valence-corrected chi connectivity index (χ2v) is 7.48. The van der Waals surface area contributed by atoms with Gasteiger partial charge in [-0.25, -0.2) is 0 Å². The highest BCUT2D eigenvalue weighted by molar-refractivity contribution is 8.18. The summed E-state index contributed by atoms with van der Waals surface area (Å²) >= 11 is 1.47. The van der Waals surface area contributed by atoms with Crippen LogP contribution in [0.2, 0.25) is 0 Å². The Morgan fingerprint density at radius 3 is 2.77 bits per heavy atom. The highest BCUT2D eigenvalue weighted by Crippen LogP contribution is 2.34. The van der Waals surface area contributed by atoms with Crippen molar-refractivity contribution >= 4 is 28.9 Å². The van der Waals surface area contributed by atoms with Crippen LogP contribution in [0.15, 0.2) is 28.1 Å². The number of methoxy groups -OCH3 is 1. The fraction of sp³-hybridized carbons (Fsp3) is 0.500. The molecule has 1 saturated heterocycles. The molecule has 1 aromatic rings. The lowest BCUT2D eigenvalue weighted by molar-refractivity contribution is -0.113. The van der Waals surface area contributed by atoms with E-state index in [4.69, 9.17) is 9.47 Å². The summed E-state index contributed by atoms with van der Waals surface area (Å²) in [5.74, 6) is 1.26. The minimum Gasteiger partial charge on any atom is -0.493 e. The van der Waals surface area contributed by atoms with Gasteiger partial charge >= 0.3 is 0 Å². The minimum absolute atomic E-state index is 0.155. The molecule has 0 aliphatic carbocycles. The van der Waals surface area contributed by atoms with E-state index >= 15 is 0 Å². The molecule has 3 rings (SSSR count). The molecule has 0 bridgehead atoms. The minimum atomic E-state index is -0.155. The number of likely N-dealkylation sites (tertiary alicyclic amines) is 1. The summed E-state index contributed by atoms with van der Waals surface area (Å²) in [5.41, 5.74) is 0.913. The number of amides is 1. The van der Waals surface area contributed by atoms with Gasteiger partial charge < -0.3 is 14.4 Å². The van der Waals surface area contributed by atoms with E-state index in [0.717, 1.165) is 42.4 Å². The number of unbranched alkanes of at least 4 members (excludes halogenated alkanes) is 1. The Hall–Kier alpha value is -1.95. The molecular formula is C20H26N2O3S. The number of rotatable bonds is 6. The van der Waals surface area contributed by atoms with Crippen LogP contribution in [0.1, 0.15) is 44.6 Å². The van der Waals surface area contributed by atoms with Crippen molar-refractivity contribution < 1.29 is 14.3 Å². The van der Waals surface area contributed by atoms with Gasteiger partial charge in [-0.05, 0) is 61.2 Å². The van der Waals surface area contributed by atoms with Crippen LogP contribution in [0.4, 0.5) is 0 Å². The Balaban J connectivity index is 1.70. The van der Waals surface area contributed by atoms with Gasteiger partial charge in [0.05, 0.1) is 18.6 Å². The van der Waals surface area contributed by atoms with Gasteiger partial charge in [-0.1, -0.05) is 19.4 Å². The van der Waals surface area contributed by atoms with Gasteiger partial charge in [-0.15, -0.1) is 0 Å². The van der Waals surface area contributed by atoms with Crippen molar-refractivity contribution in [3.05, 3.63) is 28.7 Å². The maximum Gasteiger partial charge on any atom is 0.286 e. The number of piperidine rings is 1. The third kappa shape index (κ3) is 4.61. The van der Waals surface area contributed by atoms with Crippen molar-refractivity contribution in [1.29, 1.82) is 0 Å². The molecule has 2 heterocycles. The number of carbonyl (C=O) groups is 1. The fourth-order valence-electron chi connectivity index (χ4n) is 2.99. The van der Waals surface area contributed by atoms with Crippen LogP contribution in [0.3, 0.4) is 0 Å². The highest BCUT2D eigenvalue weighted by atomic mass is 32.2. The summed E-state index contributed by atoms with van der Waals surface area (Å²) in [7, 11) is 1.63. The molecule has 1 aromatic carbocycles. The zero-order chi connectivity index (χ0) is 18.4. The first-order chi connectivity index (χ1) is 12.7. The maximum atomic E-state index is 12.3. The van der Waals surface area contributed by atoms with Crippen molar-refractivity contribution in [2.24, 2.45) is 4.99 Å². The van der Waals surface area contributed by atoms with Gasteiger partial charge in [0, 0.05) is 13.1 Å². The number of benzene rings is 1. The summed E-state index contributed by atoms with van der Waals surface area (Å²) in [6, 6.07) is 5.75. The second kappa shape index (κ2) is 9.12. The summed E-state index contributed by atoms with van der Waals surface area (Å²) in [4.78, 5) is 19.4. The van der Waals surface area contributed by atoms with Gasteiger partial charge in [-0.3, -0.25) is 4.79 Å². The van der Waals surface area contributed by atoms with Gasteiger partial charge in [0.2, 0.25) is 0 Å². The molecule has 2 aliphatic rings. The predicted molar refractivity (Wildman–Crippen MR) is 107 cm³/mol. The average molecular weight is 375 g/mol. The molecule has 0 atom stereocenters. The Morgan fingerprint density at radius 1 is 1.23 bits per heavy atom. The van der Waals surface area contributed by atoms with E-state index in [1.54, 1.807) is 7.11 Å². The lowest BCUT2D eigenvalue weighted by Gasteiger charge is -2.27. The molecule has 0 N–H and O–H groups in total. The lowest BCUT2D eigenvalue weighted by Crippen LogP contribution is -2.33. The molecule has 6 heteroatoms. The smallest absolute Gasteiger partial charge is 0.286 e. The van der Waals surface area contributed by atoms with Crippen LogP contribution < -0.4 is 9.47 Å². The summed E-state index contributed by atoms with van der Waals surface area (Å²) in [5, 5.41) is 0.840. The van der Waals surface area contributed by atoms with E-state index in [1.807, 2.05) is 24.3 Å². The number of hydrogen-bond donors (Lipinski definition) is 0. The number of aliphatic imine (C=N–C) groups is 1. The number of amidine groups is 1. The molecule has 1 fully saturated rings. The Morgan fingerprint density at radius 2 is 2.04 bits per heavy atom. The number of carbonyl (C=O) groups excluding carboxylic acids is 1. The van der Waals surface area contributed by atoms with Crippen molar-refractivity contribution in [3.8, 4) is 11.5 Å². The third-order valence-corrected chi connectivity index (χ3v) is 5.52. The molecule has 0 unspecified atom stereocenters. The number of nitrogens with zero attached hydrogens (tertiary/aromatic N) is 2. The largest absolute Gasteiger partial charge is 0.493 e. The van der Waals surface area contributed by atoms with Crippen molar-refractivity contribution in [2.75, 3.05) is 26.8 Å². The average Bonchev–Trinajstić information content (AvgIpc) is 3.04. The number of thioether (sulfide) groups is 1. The summed E-state index contributed by atoms with van der Waals surface area (Å²) in [6.07, 6.45) is 7.58. The van der Waals surface area contributed by atoms with Crippen molar-refractivity contribution in [2.45, 2.75) is 39.0 Å². The molecule has 26 heavy (non-hydrogen) atoms. The van der Waals surface area contributed by atoms with E-state index in [0.29, 0.717) is 17.3 Å². The molecule has 2 aliphatic heterocycles. The van der Waals surface area contributed by atoms with Crippen LogP contribution in [0, 0.1) is 0 Å². The van der Waals surface area contributed by atoms with E-state index < -0.39 is 0 Å². The van der Waals surface area contributed by atoms with Crippen LogP contribution in [0.25, 0.3) is 6.08 Å². The first-order valence-electron chi connectivity index (χ1n) is 9.29. The number of hydrogen-bond acceptors (Lipinski definition) is 5. The zero-order valence-corrected chi connectivity index (χ0v) is 16.3. The molecule has 0 saturated carbocycles. The third-order valence-electron chi connectivity index (χ3n) is 4.48. The van der Waals surface area contributed by atoms with Gasteiger partial charge in [0.15, 0.2) is 16.7 Å². The van der Waals surface area contributed by atoms with Gasteiger partial charge in [-0.2, -0.15) is 4.99 Å². The van der Waals surface area contributed by atoms with Crippen LogP contribution in [0.5, 0.6) is 11.5 Å². The maximum absolute atomic E-state index is 12.3. The Kier molecular flexibility index (Phi) is 6.61. The molecule has 1 amide bonds.